The van der Waals surface area contributed by atoms with Gasteiger partial charge >= 0.3 is 5.97 Å². The van der Waals surface area contributed by atoms with Crippen molar-refractivity contribution < 1.29 is 9.90 Å². The summed E-state index contributed by atoms with van der Waals surface area (Å²) in [6.45, 7) is 3.87. The van der Waals surface area contributed by atoms with Crippen LogP contribution in [-0.2, 0) is 11.2 Å². The van der Waals surface area contributed by atoms with Crippen LogP contribution < -0.4 is 0 Å². The highest BCUT2D eigenvalue weighted by atomic mass is 79.9. The maximum absolute atomic E-state index is 10.5. The number of benzene rings is 1. The van der Waals surface area contributed by atoms with Crippen molar-refractivity contribution in [3.05, 3.63) is 33.3 Å². The number of carbonyl (C=O) groups is 1. The molecule has 2 nitrogen and oxygen atoms in total. The first-order valence-electron chi connectivity index (χ1n) is 3.98. The predicted molar refractivity (Wildman–Crippen MR) is 55.0 cm³/mol. The second kappa shape index (κ2) is 3.92. The van der Waals surface area contributed by atoms with E-state index >= 15 is 0 Å². The van der Waals surface area contributed by atoms with Crippen LogP contribution in [0, 0.1) is 13.8 Å². The zero-order chi connectivity index (χ0) is 10.0. The molecule has 70 valence electrons. The van der Waals surface area contributed by atoms with Crippen LogP contribution in [0.5, 0.6) is 0 Å². The summed E-state index contributed by atoms with van der Waals surface area (Å²) in [7, 11) is 0. The van der Waals surface area contributed by atoms with Crippen LogP contribution in [0.15, 0.2) is 16.6 Å². The molecule has 0 aliphatic carbocycles. The average molecular weight is 243 g/mol. The fourth-order valence-corrected chi connectivity index (χ4v) is 1.85. The van der Waals surface area contributed by atoms with Crippen molar-refractivity contribution in [2.45, 2.75) is 20.3 Å². The molecule has 0 amide bonds. The highest BCUT2D eigenvalue weighted by Crippen LogP contribution is 2.22. The molecule has 1 aromatic carbocycles. The largest absolute Gasteiger partial charge is 0.481 e. The first-order valence-corrected chi connectivity index (χ1v) is 4.77. The third kappa shape index (κ3) is 2.56. The van der Waals surface area contributed by atoms with Crippen LogP contribution in [0.4, 0.5) is 0 Å². The monoisotopic (exact) mass is 242 g/mol. The van der Waals surface area contributed by atoms with E-state index < -0.39 is 5.97 Å². The maximum atomic E-state index is 10.5. The second-order valence-corrected chi connectivity index (χ2v) is 3.96. The minimum absolute atomic E-state index is 0.0894. The van der Waals surface area contributed by atoms with E-state index in [0.29, 0.717) is 0 Å². The number of aliphatic carboxylic acids is 1. The lowest BCUT2D eigenvalue weighted by Gasteiger charge is -2.06. The Balaban J connectivity index is 3.12. The van der Waals surface area contributed by atoms with E-state index in [1.54, 1.807) is 0 Å². The highest BCUT2D eigenvalue weighted by molar-refractivity contribution is 9.10. The van der Waals surface area contributed by atoms with Crippen molar-refractivity contribution in [3.63, 3.8) is 0 Å². The number of halogens is 1. The molecule has 0 atom stereocenters. The van der Waals surface area contributed by atoms with Gasteiger partial charge in [-0.1, -0.05) is 22.0 Å². The average Bonchev–Trinajstić information content (AvgIpc) is 1.98. The molecule has 0 spiro atoms. The smallest absolute Gasteiger partial charge is 0.307 e. The van der Waals surface area contributed by atoms with Crippen LogP contribution in [0.25, 0.3) is 0 Å². The Morgan fingerprint density at radius 2 is 2.08 bits per heavy atom. The first-order chi connectivity index (χ1) is 6.00. The summed E-state index contributed by atoms with van der Waals surface area (Å²) in [5.74, 6) is -0.791. The van der Waals surface area contributed by atoms with Gasteiger partial charge in [0.25, 0.3) is 0 Å². The third-order valence-corrected chi connectivity index (χ3v) is 2.76. The predicted octanol–water partition coefficient (Wildman–Crippen LogP) is 2.69. The molecule has 0 bridgehead atoms. The molecular weight excluding hydrogens is 232 g/mol. The summed E-state index contributed by atoms with van der Waals surface area (Å²) in [5.41, 5.74) is 2.96. The normalized spacial score (nSPS) is 10.1. The van der Waals surface area contributed by atoms with Crippen LogP contribution in [0.3, 0.4) is 0 Å². The van der Waals surface area contributed by atoms with E-state index in [9.17, 15) is 4.79 Å². The summed E-state index contributed by atoms with van der Waals surface area (Å²) < 4.78 is 0.976. The first kappa shape index (κ1) is 10.3. The Kier molecular flexibility index (Phi) is 3.09. The summed E-state index contributed by atoms with van der Waals surface area (Å²) in [4.78, 5) is 10.5. The van der Waals surface area contributed by atoms with Gasteiger partial charge in [-0.15, -0.1) is 0 Å². The maximum Gasteiger partial charge on any atom is 0.307 e. The van der Waals surface area contributed by atoms with Gasteiger partial charge in [-0.3, -0.25) is 4.79 Å². The van der Waals surface area contributed by atoms with Gasteiger partial charge in [-0.25, -0.2) is 0 Å². The lowest BCUT2D eigenvalue weighted by molar-refractivity contribution is -0.136. The Morgan fingerprint density at radius 1 is 1.46 bits per heavy atom. The standard InChI is InChI=1S/C10H11BrO2/c1-6-3-8(5-10(12)13)7(2)9(11)4-6/h3-4H,5H2,1-2H3,(H,12,13). The Bertz CT molecular complexity index is 345. The summed E-state index contributed by atoms with van der Waals surface area (Å²) in [5, 5.41) is 8.66. The van der Waals surface area contributed by atoms with Gasteiger partial charge in [0, 0.05) is 4.47 Å². The zero-order valence-corrected chi connectivity index (χ0v) is 9.18. The number of hydrogen-bond donors (Lipinski definition) is 1. The van der Waals surface area contributed by atoms with Gasteiger partial charge in [0.15, 0.2) is 0 Å². The Hall–Kier alpha value is -0.830. The summed E-state index contributed by atoms with van der Waals surface area (Å²) in [6.07, 6.45) is 0.0894. The van der Waals surface area contributed by atoms with E-state index in [0.717, 1.165) is 21.2 Å². The minimum Gasteiger partial charge on any atom is -0.481 e. The molecular formula is C10H11BrO2. The number of carboxylic acids is 1. The molecule has 0 aliphatic rings. The van der Waals surface area contributed by atoms with Gasteiger partial charge in [0.2, 0.25) is 0 Å². The molecule has 0 unspecified atom stereocenters. The number of aryl methyl sites for hydroxylation is 1. The van der Waals surface area contributed by atoms with Crippen molar-refractivity contribution in [1.29, 1.82) is 0 Å². The van der Waals surface area contributed by atoms with Crippen molar-refractivity contribution in [2.75, 3.05) is 0 Å². The Labute approximate surface area is 85.7 Å². The van der Waals surface area contributed by atoms with E-state index in [2.05, 4.69) is 15.9 Å². The number of hydrogen-bond acceptors (Lipinski definition) is 1. The fraction of sp³-hybridized carbons (Fsp3) is 0.300. The Morgan fingerprint density at radius 3 is 2.62 bits per heavy atom. The minimum atomic E-state index is -0.791. The van der Waals surface area contributed by atoms with E-state index in [1.807, 2.05) is 26.0 Å². The van der Waals surface area contributed by atoms with Crippen molar-refractivity contribution in [3.8, 4) is 0 Å². The third-order valence-electron chi connectivity index (χ3n) is 1.94. The van der Waals surface area contributed by atoms with E-state index in [4.69, 9.17) is 5.11 Å². The topological polar surface area (TPSA) is 37.3 Å². The number of carboxylic acid groups (broad SMARTS) is 1. The highest BCUT2D eigenvalue weighted by Gasteiger charge is 2.07. The van der Waals surface area contributed by atoms with Crippen LogP contribution >= 0.6 is 15.9 Å². The van der Waals surface area contributed by atoms with Gasteiger partial charge in [0.05, 0.1) is 6.42 Å². The van der Waals surface area contributed by atoms with Crippen LogP contribution in [-0.4, -0.2) is 11.1 Å². The van der Waals surface area contributed by atoms with Crippen LogP contribution in [0.2, 0.25) is 0 Å². The molecule has 0 heterocycles. The molecule has 3 heteroatoms. The molecule has 0 fully saturated rings. The summed E-state index contributed by atoms with van der Waals surface area (Å²) in [6, 6.07) is 3.90. The van der Waals surface area contributed by atoms with E-state index in [1.165, 1.54) is 0 Å². The lowest BCUT2D eigenvalue weighted by atomic mass is 10.0. The SMILES string of the molecule is Cc1cc(Br)c(C)c(CC(=O)O)c1. The fourth-order valence-electron chi connectivity index (χ4n) is 1.23. The molecule has 0 radical (unpaired) electrons. The van der Waals surface area contributed by atoms with E-state index in [-0.39, 0.29) is 6.42 Å². The van der Waals surface area contributed by atoms with Crippen molar-refractivity contribution >= 4 is 21.9 Å². The molecule has 0 aromatic heterocycles. The van der Waals surface area contributed by atoms with Crippen molar-refractivity contribution in [1.82, 2.24) is 0 Å². The number of rotatable bonds is 2. The van der Waals surface area contributed by atoms with Gasteiger partial charge in [-0.05, 0) is 36.6 Å². The van der Waals surface area contributed by atoms with Gasteiger partial charge < -0.3 is 5.11 Å². The van der Waals surface area contributed by atoms with Gasteiger partial charge in [-0.2, -0.15) is 0 Å². The summed E-state index contributed by atoms with van der Waals surface area (Å²) >= 11 is 3.39. The van der Waals surface area contributed by atoms with Gasteiger partial charge in [0.1, 0.15) is 0 Å². The van der Waals surface area contributed by atoms with Crippen LogP contribution in [0.1, 0.15) is 16.7 Å². The molecule has 1 aromatic rings. The molecule has 1 N–H and O–H groups in total. The lowest BCUT2D eigenvalue weighted by Crippen LogP contribution is -2.02. The quantitative estimate of drug-likeness (QED) is 0.866. The molecule has 0 aliphatic heterocycles. The molecule has 13 heavy (non-hydrogen) atoms. The molecule has 0 saturated carbocycles. The molecule has 0 saturated heterocycles. The second-order valence-electron chi connectivity index (χ2n) is 3.10. The molecule has 1 rings (SSSR count). The zero-order valence-electron chi connectivity index (χ0n) is 7.60. The van der Waals surface area contributed by atoms with Crippen molar-refractivity contribution in [2.24, 2.45) is 0 Å².